The minimum atomic E-state index is -0.907. The van der Waals surface area contributed by atoms with Gasteiger partial charge in [0.2, 0.25) is 17.6 Å². The van der Waals surface area contributed by atoms with Gasteiger partial charge >= 0.3 is 6.09 Å². The van der Waals surface area contributed by atoms with Crippen LogP contribution in [0, 0.1) is 11.2 Å². The minimum absolute atomic E-state index is 0.0762. The Balaban J connectivity index is 1.42. The number of ether oxygens (including phenoxy) is 1. The van der Waals surface area contributed by atoms with Gasteiger partial charge in [-0.05, 0) is 61.6 Å². The quantitative estimate of drug-likeness (QED) is 0.190. The topological polar surface area (TPSA) is 150 Å². The molecule has 0 saturated carbocycles. The van der Waals surface area contributed by atoms with Crippen LogP contribution in [0.2, 0.25) is 0 Å². The zero-order valence-electron chi connectivity index (χ0n) is 30.2. The molecule has 4 aromatic rings. The van der Waals surface area contributed by atoms with E-state index in [1.165, 1.54) is 12.1 Å². The van der Waals surface area contributed by atoms with Crippen molar-refractivity contribution in [1.82, 2.24) is 40.1 Å². The molecule has 4 atom stereocenters. The van der Waals surface area contributed by atoms with Crippen LogP contribution in [0.1, 0.15) is 55.7 Å². The summed E-state index contributed by atoms with van der Waals surface area (Å²) in [6, 6.07) is 14.6. The molecule has 1 aliphatic heterocycles. The molecule has 0 radical (unpaired) electrons. The number of hydrogen-bond donors (Lipinski definition) is 3. The molecule has 3 heterocycles. The summed E-state index contributed by atoms with van der Waals surface area (Å²) in [5.74, 6) is -1.04. The van der Waals surface area contributed by atoms with Crippen molar-refractivity contribution in [2.45, 2.75) is 71.3 Å². The Morgan fingerprint density at radius 1 is 1.04 bits per heavy atom. The van der Waals surface area contributed by atoms with Crippen molar-refractivity contribution in [1.29, 1.82) is 0 Å². The van der Waals surface area contributed by atoms with Gasteiger partial charge in [0.1, 0.15) is 24.2 Å². The van der Waals surface area contributed by atoms with Crippen LogP contribution < -0.4 is 16.0 Å². The summed E-state index contributed by atoms with van der Waals surface area (Å²) in [6.45, 7) is 7.87. The Hall–Kier alpha value is -5.37. The van der Waals surface area contributed by atoms with E-state index in [2.05, 4.69) is 25.9 Å². The Morgan fingerprint density at radius 3 is 2.44 bits per heavy atom. The number of nitrogens with zero attached hydrogens (tertiary/aromatic N) is 5. The lowest BCUT2D eigenvalue weighted by Gasteiger charge is -2.37. The van der Waals surface area contributed by atoms with Crippen molar-refractivity contribution in [3.05, 3.63) is 102 Å². The molecule has 52 heavy (non-hydrogen) atoms. The first kappa shape index (κ1) is 37.9. The third-order valence-electron chi connectivity index (χ3n) is 9.21. The Kier molecular flexibility index (Phi) is 12.2. The van der Waals surface area contributed by atoms with Crippen LogP contribution in [0.15, 0.2) is 79.3 Å². The number of likely N-dealkylation sites (N-methyl/N-ethyl adjacent to an activating group) is 1. The van der Waals surface area contributed by atoms with Gasteiger partial charge in [-0.25, -0.2) is 19.2 Å². The number of benzene rings is 2. The lowest BCUT2D eigenvalue weighted by Crippen LogP contribution is -2.59. The molecule has 14 heteroatoms. The van der Waals surface area contributed by atoms with Crippen molar-refractivity contribution < 1.29 is 28.3 Å². The average molecular weight is 715 g/mol. The lowest BCUT2D eigenvalue weighted by molar-refractivity contribution is -0.140. The molecule has 13 nitrogen and oxygen atoms in total. The van der Waals surface area contributed by atoms with E-state index in [0.717, 1.165) is 11.1 Å². The van der Waals surface area contributed by atoms with E-state index < -0.39 is 35.7 Å². The monoisotopic (exact) mass is 714 g/mol. The maximum absolute atomic E-state index is 14.5. The minimum Gasteiger partial charge on any atom is -0.445 e. The maximum atomic E-state index is 14.5. The van der Waals surface area contributed by atoms with Gasteiger partial charge in [0.05, 0.1) is 18.1 Å². The Labute approximate surface area is 302 Å². The fourth-order valence-electron chi connectivity index (χ4n) is 6.15. The van der Waals surface area contributed by atoms with E-state index in [0.29, 0.717) is 18.6 Å². The van der Waals surface area contributed by atoms with Crippen molar-refractivity contribution in [2.24, 2.45) is 5.41 Å². The molecule has 0 spiro atoms. The van der Waals surface area contributed by atoms with E-state index >= 15 is 0 Å². The molecular formula is C38H47FN8O5. The largest absolute Gasteiger partial charge is 0.445 e. The number of halogens is 1. The lowest BCUT2D eigenvalue weighted by atomic mass is 9.85. The van der Waals surface area contributed by atoms with E-state index in [1.54, 1.807) is 65.0 Å². The molecular weight excluding hydrogens is 667 g/mol. The van der Waals surface area contributed by atoms with Crippen molar-refractivity contribution >= 4 is 29.6 Å². The first-order valence-electron chi connectivity index (χ1n) is 17.4. The van der Waals surface area contributed by atoms with Gasteiger partial charge < -0.3 is 30.5 Å². The number of likely N-dealkylation sites (tertiary alicyclic amines) is 1. The zero-order valence-corrected chi connectivity index (χ0v) is 30.2. The van der Waals surface area contributed by atoms with Gasteiger partial charge in [-0.3, -0.25) is 18.8 Å². The van der Waals surface area contributed by atoms with Crippen molar-refractivity contribution in [2.75, 3.05) is 26.7 Å². The van der Waals surface area contributed by atoms with Crippen LogP contribution in [0.4, 0.5) is 9.18 Å². The van der Waals surface area contributed by atoms with Crippen LogP contribution in [0.25, 0.3) is 5.78 Å². The highest BCUT2D eigenvalue weighted by Gasteiger charge is 2.44. The summed E-state index contributed by atoms with van der Waals surface area (Å²) >= 11 is 0. The number of imidazole rings is 1. The summed E-state index contributed by atoms with van der Waals surface area (Å²) in [6.07, 6.45) is 5.03. The molecule has 4 amide bonds. The molecule has 5 rings (SSSR count). The number of aromatic nitrogens is 3. The third kappa shape index (κ3) is 9.69. The highest BCUT2D eigenvalue weighted by Crippen LogP contribution is 2.27. The van der Waals surface area contributed by atoms with Crippen LogP contribution in [0.5, 0.6) is 0 Å². The van der Waals surface area contributed by atoms with Crippen molar-refractivity contribution in [3.8, 4) is 0 Å². The standard InChI is InChI=1S/C38H47FN8O5/c1-25(40-5)33(48)44-32(38(2,3)4)35(50)47-21-29(42-37(51)52-24-27-10-7-6-8-11-27)20-30(47)22-45(19-16-26-12-14-28(39)15-13-26)34(49)31-23-46-18-9-17-41-36(46)43-31/h6-15,17-18,23,25,29-30,32,40H,16,19-22,24H2,1-5H3,(H,42,51)(H,44,48)/t25-,29-,30-,32+/m0/s1. The number of carbonyl (C=O) groups excluding carboxylic acids is 4. The number of amides is 4. The predicted octanol–water partition coefficient (Wildman–Crippen LogP) is 3.59. The summed E-state index contributed by atoms with van der Waals surface area (Å²) in [5, 5.41) is 8.75. The Bertz CT molecular complexity index is 1810. The average Bonchev–Trinajstić information content (AvgIpc) is 3.75. The smallest absolute Gasteiger partial charge is 0.407 e. The van der Waals surface area contributed by atoms with Gasteiger partial charge in [0.25, 0.3) is 5.91 Å². The normalized spacial score (nSPS) is 17.0. The molecule has 1 fully saturated rings. The molecule has 0 bridgehead atoms. The highest BCUT2D eigenvalue weighted by atomic mass is 19.1. The fraction of sp³-hybridized carbons (Fsp3) is 0.421. The number of nitrogens with one attached hydrogen (secondary N) is 3. The van der Waals surface area contributed by atoms with Crippen LogP contribution >= 0.6 is 0 Å². The van der Waals surface area contributed by atoms with Crippen molar-refractivity contribution in [3.63, 3.8) is 0 Å². The predicted molar refractivity (Wildman–Crippen MR) is 193 cm³/mol. The second-order valence-electron chi connectivity index (χ2n) is 14.2. The highest BCUT2D eigenvalue weighted by molar-refractivity contribution is 5.93. The summed E-state index contributed by atoms with van der Waals surface area (Å²) in [5.41, 5.74) is 1.15. The molecule has 276 valence electrons. The fourth-order valence-corrected chi connectivity index (χ4v) is 6.15. The molecule has 2 aromatic carbocycles. The van der Waals surface area contributed by atoms with Gasteiger partial charge in [0.15, 0.2) is 0 Å². The van der Waals surface area contributed by atoms with E-state index in [4.69, 9.17) is 4.74 Å². The maximum Gasteiger partial charge on any atom is 0.407 e. The van der Waals surface area contributed by atoms with Gasteiger partial charge in [-0.2, -0.15) is 0 Å². The first-order valence-corrected chi connectivity index (χ1v) is 17.4. The summed E-state index contributed by atoms with van der Waals surface area (Å²) in [4.78, 5) is 66.7. The van der Waals surface area contributed by atoms with Gasteiger partial charge in [0, 0.05) is 38.2 Å². The molecule has 0 unspecified atom stereocenters. The molecule has 1 aliphatic rings. The number of rotatable bonds is 13. The van der Waals surface area contributed by atoms with E-state index in [-0.39, 0.29) is 55.5 Å². The number of fused-ring (bicyclic) bond motifs is 1. The van der Waals surface area contributed by atoms with E-state index in [9.17, 15) is 23.6 Å². The third-order valence-corrected chi connectivity index (χ3v) is 9.21. The second kappa shape index (κ2) is 16.8. The Morgan fingerprint density at radius 2 is 1.77 bits per heavy atom. The summed E-state index contributed by atoms with van der Waals surface area (Å²) in [7, 11) is 1.67. The van der Waals surface area contributed by atoms with Crippen LogP contribution in [-0.4, -0.2) is 98.8 Å². The number of alkyl carbamates (subject to hydrolysis) is 1. The van der Waals surface area contributed by atoms with Crippen LogP contribution in [0.3, 0.4) is 0 Å². The van der Waals surface area contributed by atoms with Gasteiger partial charge in [-0.1, -0.05) is 63.2 Å². The SMILES string of the molecule is CN[C@@H](C)C(=O)N[C@H](C(=O)N1C[C@@H](NC(=O)OCc2ccccc2)C[C@H]1CN(CCc1ccc(F)cc1)C(=O)c1cn2cccnc2n1)C(C)(C)C. The van der Waals surface area contributed by atoms with Gasteiger partial charge in [-0.15, -0.1) is 0 Å². The number of hydrogen-bond acceptors (Lipinski definition) is 8. The van der Waals surface area contributed by atoms with Crippen LogP contribution in [-0.2, 0) is 27.4 Å². The molecule has 0 aliphatic carbocycles. The first-order chi connectivity index (χ1) is 24.8. The summed E-state index contributed by atoms with van der Waals surface area (Å²) < 4.78 is 20.8. The molecule has 2 aromatic heterocycles. The second-order valence-corrected chi connectivity index (χ2v) is 14.2. The number of carbonyl (C=O) groups is 4. The molecule has 3 N–H and O–H groups in total. The van der Waals surface area contributed by atoms with E-state index in [1.807, 2.05) is 51.1 Å². The molecule has 1 saturated heterocycles. The zero-order chi connectivity index (χ0) is 37.4.